The largest absolute Gasteiger partial charge is 0.550 e. The van der Waals surface area contributed by atoms with Gasteiger partial charge in [0.25, 0.3) is 0 Å². The van der Waals surface area contributed by atoms with Crippen LogP contribution in [0.5, 0.6) is 11.5 Å². The lowest BCUT2D eigenvalue weighted by Gasteiger charge is -2.33. The van der Waals surface area contributed by atoms with E-state index >= 15 is 0 Å². The molecule has 1 spiro atoms. The average Bonchev–Trinajstić information content (AvgIpc) is 3.35. The van der Waals surface area contributed by atoms with Gasteiger partial charge in [0, 0.05) is 18.4 Å². The van der Waals surface area contributed by atoms with Crippen molar-refractivity contribution in [2.24, 2.45) is 11.8 Å². The van der Waals surface area contributed by atoms with Gasteiger partial charge in [-0.15, -0.1) is 0 Å². The zero-order valence-corrected chi connectivity index (χ0v) is 14.7. The molecule has 7 heteroatoms. The van der Waals surface area contributed by atoms with Crippen molar-refractivity contribution in [3.63, 3.8) is 0 Å². The monoisotopic (exact) mass is 368 g/mol. The standard InChI is InChI=1S/C20H19NO6/c1-10(2)17-20-6-5-13(27-20)15(19(23)24)16(20)18(22)21(17)8-11-3-4-12-14(7-11)26-9-25-12/h3-7,13,15-17H,1,8-9H2,2H3,(H,23,24)/p-1/t13-,15+,16-,17+,20+/m0/s1. The Hall–Kier alpha value is -2.80. The molecule has 2 bridgehead atoms. The van der Waals surface area contributed by atoms with Gasteiger partial charge in [0.15, 0.2) is 11.5 Å². The van der Waals surface area contributed by atoms with E-state index < -0.39 is 35.6 Å². The molecule has 2 saturated heterocycles. The van der Waals surface area contributed by atoms with Gasteiger partial charge in [0.2, 0.25) is 12.7 Å². The van der Waals surface area contributed by atoms with Gasteiger partial charge in [-0.05, 0) is 24.6 Å². The summed E-state index contributed by atoms with van der Waals surface area (Å²) in [6, 6.07) is 5.07. The number of amides is 1. The Labute approximate surface area is 155 Å². The molecular formula is C20H18NO6-. The molecule has 27 heavy (non-hydrogen) atoms. The smallest absolute Gasteiger partial charge is 0.231 e. The van der Waals surface area contributed by atoms with Gasteiger partial charge in [-0.3, -0.25) is 4.79 Å². The normalized spacial score (nSPS) is 35.0. The summed E-state index contributed by atoms with van der Waals surface area (Å²) in [7, 11) is 0. The second-order valence-electron chi connectivity index (χ2n) is 7.52. The van der Waals surface area contributed by atoms with E-state index in [0.29, 0.717) is 18.0 Å². The number of carboxylic acid groups (broad SMARTS) is 1. The lowest BCUT2D eigenvalue weighted by atomic mass is 9.74. The first-order valence-electron chi connectivity index (χ1n) is 8.85. The molecular weight excluding hydrogens is 350 g/mol. The topological polar surface area (TPSA) is 88.1 Å². The fraction of sp³-hybridized carbons (Fsp3) is 0.400. The minimum atomic E-state index is -1.25. The van der Waals surface area contributed by atoms with Gasteiger partial charge >= 0.3 is 0 Å². The number of benzene rings is 1. The number of fused-ring (bicyclic) bond motifs is 2. The number of aliphatic carboxylic acids is 1. The molecule has 4 heterocycles. The fourth-order valence-corrected chi connectivity index (χ4v) is 4.95. The van der Waals surface area contributed by atoms with Crippen molar-refractivity contribution >= 4 is 11.9 Å². The maximum Gasteiger partial charge on any atom is 0.231 e. The molecule has 0 aromatic heterocycles. The van der Waals surface area contributed by atoms with Gasteiger partial charge in [0.1, 0.15) is 5.60 Å². The van der Waals surface area contributed by atoms with Gasteiger partial charge < -0.3 is 29.0 Å². The molecule has 4 aliphatic rings. The van der Waals surface area contributed by atoms with E-state index in [-0.39, 0.29) is 12.7 Å². The summed E-state index contributed by atoms with van der Waals surface area (Å²) in [4.78, 5) is 26.6. The first-order chi connectivity index (χ1) is 12.9. The summed E-state index contributed by atoms with van der Waals surface area (Å²) < 4.78 is 16.8. The highest BCUT2D eigenvalue weighted by Crippen LogP contribution is 2.56. The van der Waals surface area contributed by atoms with Crippen LogP contribution < -0.4 is 14.6 Å². The molecule has 0 saturated carbocycles. The van der Waals surface area contributed by atoms with E-state index in [0.717, 1.165) is 11.1 Å². The maximum absolute atomic E-state index is 13.3. The number of ether oxygens (including phenoxy) is 3. The van der Waals surface area contributed by atoms with Crippen LogP contribution in [0, 0.1) is 11.8 Å². The number of nitrogens with zero attached hydrogens (tertiary/aromatic N) is 1. The van der Waals surface area contributed by atoms with E-state index in [9.17, 15) is 14.7 Å². The third-order valence-electron chi connectivity index (χ3n) is 5.90. The Bertz CT molecular complexity index is 908. The zero-order valence-electron chi connectivity index (χ0n) is 14.7. The summed E-state index contributed by atoms with van der Waals surface area (Å²) >= 11 is 0. The number of carboxylic acids is 1. The highest BCUT2D eigenvalue weighted by Gasteiger charge is 2.69. The van der Waals surface area contributed by atoms with Crippen molar-refractivity contribution in [3.8, 4) is 11.5 Å². The number of carbonyl (C=O) groups is 2. The van der Waals surface area contributed by atoms with Crippen molar-refractivity contribution in [3.05, 3.63) is 48.1 Å². The third-order valence-corrected chi connectivity index (χ3v) is 5.90. The Morgan fingerprint density at radius 1 is 1.37 bits per heavy atom. The highest BCUT2D eigenvalue weighted by atomic mass is 16.7. The fourth-order valence-electron chi connectivity index (χ4n) is 4.95. The second-order valence-corrected chi connectivity index (χ2v) is 7.52. The molecule has 1 aromatic carbocycles. The van der Waals surface area contributed by atoms with E-state index in [4.69, 9.17) is 14.2 Å². The maximum atomic E-state index is 13.3. The van der Waals surface area contributed by atoms with Crippen molar-refractivity contribution in [2.75, 3.05) is 6.79 Å². The van der Waals surface area contributed by atoms with Crippen LogP contribution in [0.15, 0.2) is 42.5 Å². The second kappa shape index (κ2) is 5.36. The first-order valence-corrected chi connectivity index (χ1v) is 8.85. The predicted octanol–water partition coefficient (Wildman–Crippen LogP) is 0.392. The average molecular weight is 368 g/mol. The van der Waals surface area contributed by atoms with Crippen LogP contribution >= 0.6 is 0 Å². The van der Waals surface area contributed by atoms with E-state index in [1.807, 2.05) is 25.1 Å². The quantitative estimate of drug-likeness (QED) is 0.715. The Kier molecular flexibility index (Phi) is 3.25. The van der Waals surface area contributed by atoms with Crippen LogP contribution in [0.3, 0.4) is 0 Å². The number of carbonyl (C=O) groups excluding carboxylic acids is 2. The molecule has 4 aliphatic heterocycles. The lowest BCUT2D eigenvalue weighted by Crippen LogP contribution is -2.46. The number of hydrogen-bond donors (Lipinski definition) is 0. The molecule has 0 aliphatic carbocycles. The highest BCUT2D eigenvalue weighted by molar-refractivity contribution is 5.91. The first kappa shape index (κ1) is 16.4. The van der Waals surface area contributed by atoms with Crippen LogP contribution in [0.4, 0.5) is 0 Å². The minimum absolute atomic E-state index is 0.175. The van der Waals surface area contributed by atoms with Crippen molar-refractivity contribution in [1.82, 2.24) is 4.90 Å². The van der Waals surface area contributed by atoms with Crippen molar-refractivity contribution in [2.45, 2.75) is 31.2 Å². The molecule has 2 fully saturated rings. The molecule has 0 radical (unpaired) electrons. The van der Waals surface area contributed by atoms with Gasteiger partial charge in [-0.1, -0.05) is 30.4 Å². The zero-order chi connectivity index (χ0) is 18.9. The van der Waals surface area contributed by atoms with Crippen molar-refractivity contribution < 1.29 is 28.9 Å². The molecule has 140 valence electrons. The third kappa shape index (κ3) is 2.06. The molecule has 5 rings (SSSR count). The Morgan fingerprint density at radius 3 is 2.89 bits per heavy atom. The summed E-state index contributed by atoms with van der Waals surface area (Å²) in [5.41, 5.74) is 0.615. The van der Waals surface area contributed by atoms with Crippen LogP contribution in [0.25, 0.3) is 0 Å². The molecule has 1 amide bonds. The summed E-state index contributed by atoms with van der Waals surface area (Å²) in [5.74, 6) is -1.98. The summed E-state index contributed by atoms with van der Waals surface area (Å²) in [6.07, 6.45) is 2.93. The van der Waals surface area contributed by atoms with Crippen LogP contribution in [-0.4, -0.2) is 41.3 Å². The van der Waals surface area contributed by atoms with Gasteiger partial charge in [-0.2, -0.15) is 0 Å². The molecule has 7 nitrogen and oxygen atoms in total. The van der Waals surface area contributed by atoms with E-state index in [2.05, 4.69) is 6.58 Å². The van der Waals surface area contributed by atoms with Gasteiger partial charge in [-0.25, -0.2) is 0 Å². The summed E-state index contributed by atoms with van der Waals surface area (Å²) in [5, 5.41) is 11.7. The Morgan fingerprint density at radius 2 is 2.15 bits per heavy atom. The predicted molar refractivity (Wildman–Crippen MR) is 90.4 cm³/mol. The van der Waals surface area contributed by atoms with Gasteiger partial charge in [0.05, 0.1) is 18.1 Å². The minimum Gasteiger partial charge on any atom is -0.550 e. The lowest BCUT2D eigenvalue weighted by molar-refractivity contribution is -0.313. The molecule has 0 unspecified atom stereocenters. The Balaban J connectivity index is 1.53. The number of rotatable bonds is 4. The van der Waals surface area contributed by atoms with Crippen LogP contribution in [0.1, 0.15) is 12.5 Å². The number of likely N-dealkylation sites (tertiary alicyclic amines) is 1. The molecule has 0 N–H and O–H groups in total. The van der Waals surface area contributed by atoms with E-state index in [1.54, 1.807) is 17.0 Å². The summed E-state index contributed by atoms with van der Waals surface area (Å²) in [6.45, 7) is 6.35. The number of hydrogen-bond acceptors (Lipinski definition) is 6. The molecule has 1 aromatic rings. The SMILES string of the molecule is C=C(C)[C@H]1N(Cc2ccc3c(c2)OCO3)C(=O)[C@@H]2[C@H](C(=O)[O-])[C@@H]3C=C[C@@]21O3. The molecule has 5 atom stereocenters. The van der Waals surface area contributed by atoms with Crippen LogP contribution in [-0.2, 0) is 20.9 Å². The van der Waals surface area contributed by atoms with Crippen molar-refractivity contribution in [1.29, 1.82) is 0 Å². The van der Waals surface area contributed by atoms with E-state index in [1.165, 1.54) is 0 Å². The van der Waals surface area contributed by atoms with Crippen LogP contribution in [0.2, 0.25) is 0 Å².